The smallest absolute Gasteiger partial charge is 0.237 e. The summed E-state index contributed by atoms with van der Waals surface area (Å²) in [4.78, 5) is 35.1. The second kappa shape index (κ2) is 8.25. The number of nitrogens with one attached hydrogen (secondary N) is 2. The average molecular weight is 346 g/mol. The molecule has 1 aromatic carbocycles. The number of aromatic nitrogens is 3. The molecule has 0 bridgehead atoms. The predicted molar refractivity (Wildman–Crippen MR) is 93.6 cm³/mol. The summed E-state index contributed by atoms with van der Waals surface area (Å²) >= 11 is 1.23. The second-order valence-electron chi connectivity index (χ2n) is 4.89. The molecule has 2 amide bonds. The zero-order chi connectivity index (χ0) is 17.5. The third-order valence-corrected chi connectivity index (χ3v) is 4.19. The molecule has 2 rings (SSSR count). The summed E-state index contributed by atoms with van der Waals surface area (Å²) in [6.45, 7) is 3.34. The van der Waals surface area contributed by atoms with Gasteiger partial charge in [0.1, 0.15) is 6.33 Å². The van der Waals surface area contributed by atoms with E-state index in [1.807, 2.05) is 6.92 Å². The summed E-state index contributed by atoms with van der Waals surface area (Å²) in [5.74, 6) is -0.184. The molecule has 1 aromatic heterocycles. The molecule has 8 nitrogen and oxygen atoms in total. The van der Waals surface area contributed by atoms with Crippen LogP contribution in [0.25, 0.3) is 0 Å². The number of nitrogens with zero attached hydrogens (tertiary/aromatic N) is 3. The number of thioether (sulfide) groups is 1. The highest BCUT2D eigenvalue weighted by Crippen LogP contribution is 2.23. The molecule has 0 aliphatic carbocycles. The molecule has 0 aliphatic rings. The number of carbonyl (C=O) groups excluding carboxylic acids is 2. The lowest BCUT2D eigenvalue weighted by Crippen LogP contribution is -2.24. The van der Waals surface area contributed by atoms with E-state index in [1.54, 1.807) is 24.3 Å². The van der Waals surface area contributed by atoms with Crippen molar-refractivity contribution < 1.29 is 9.59 Å². The molecule has 126 valence electrons. The maximum atomic E-state index is 12.4. The Morgan fingerprint density at radius 1 is 1.17 bits per heavy atom. The first-order chi connectivity index (χ1) is 11.5. The van der Waals surface area contributed by atoms with Crippen molar-refractivity contribution in [1.29, 1.82) is 0 Å². The van der Waals surface area contributed by atoms with Gasteiger partial charge in [-0.1, -0.05) is 18.7 Å². The average Bonchev–Trinajstić information content (AvgIpc) is 2.54. The maximum absolute atomic E-state index is 12.4. The SMILES string of the molecule is CCC(Sc1ncnc(N)n1)C(=O)Nc1ccc(NC(C)=O)cc1. The quantitative estimate of drug-likeness (QED) is 0.683. The van der Waals surface area contributed by atoms with Crippen LogP contribution in [0.4, 0.5) is 17.3 Å². The summed E-state index contributed by atoms with van der Waals surface area (Å²) < 4.78 is 0. The molecular formula is C15H18N6O2S. The Kier molecular flexibility index (Phi) is 6.07. The molecular weight excluding hydrogens is 328 g/mol. The van der Waals surface area contributed by atoms with E-state index in [0.29, 0.717) is 23.0 Å². The van der Waals surface area contributed by atoms with Crippen molar-refractivity contribution in [3.05, 3.63) is 30.6 Å². The topological polar surface area (TPSA) is 123 Å². The lowest BCUT2D eigenvalue weighted by Gasteiger charge is -2.14. The van der Waals surface area contributed by atoms with Crippen LogP contribution in [0.1, 0.15) is 20.3 Å². The molecule has 9 heteroatoms. The molecule has 0 radical (unpaired) electrons. The van der Waals surface area contributed by atoms with Crippen LogP contribution in [0.2, 0.25) is 0 Å². The minimum absolute atomic E-state index is 0.122. The molecule has 24 heavy (non-hydrogen) atoms. The summed E-state index contributed by atoms with van der Waals surface area (Å²) in [7, 11) is 0. The molecule has 0 saturated carbocycles. The van der Waals surface area contributed by atoms with E-state index in [0.717, 1.165) is 0 Å². The number of rotatable bonds is 6. The van der Waals surface area contributed by atoms with Crippen LogP contribution in [-0.2, 0) is 9.59 Å². The van der Waals surface area contributed by atoms with E-state index in [4.69, 9.17) is 5.73 Å². The van der Waals surface area contributed by atoms with Crippen LogP contribution in [0.3, 0.4) is 0 Å². The zero-order valence-corrected chi connectivity index (χ0v) is 14.1. The third-order valence-electron chi connectivity index (χ3n) is 2.95. The van der Waals surface area contributed by atoms with Crippen LogP contribution in [0, 0.1) is 0 Å². The van der Waals surface area contributed by atoms with Crippen molar-refractivity contribution >= 4 is 40.9 Å². The van der Waals surface area contributed by atoms with E-state index in [9.17, 15) is 9.59 Å². The highest BCUT2D eigenvalue weighted by Gasteiger charge is 2.19. The molecule has 0 saturated heterocycles. The van der Waals surface area contributed by atoms with Gasteiger partial charge < -0.3 is 16.4 Å². The fraction of sp³-hybridized carbons (Fsp3) is 0.267. The van der Waals surface area contributed by atoms with Crippen molar-refractivity contribution in [3.8, 4) is 0 Å². The van der Waals surface area contributed by atoms with Crippen LogP contribution < -0.4 is 16.4 Å². The van der Waals surface area contributed by atoms with Gasteiger partial charge in [-0.3, -0.25) is 9.59 Å². The number of hydrogen-bond acceptors (Lipinski definition) is 7. The van der Waals surface area contributed by atoms with Gasteiger partial charge >= 0.3 is 0 Å². The zero-order valence-electron chi connectivity index (χ0n) is 13.3. The fourth-order valence-electron chi connectivity index (χ4n) is 1.86. The van der Waals surface area contributed by atoms with Gasteiger partial charge in [-0.05, 0) is 30.7 Å². The maximum Gasteiger partial charge on any atom is 0.237 e. The Hall–Kier alpha value is -2.68. The number of anilines is 3. The Morgan fingerprint density at radius 2 is 1.79 bits per heavy atom. The van der Waals surface area contributed by atoms with Gasteiger partial charge in [-0.15, -0.1) is 0 Å². The largest absolute Gasteiger partial charge is 0.368 e. The minimum atomic E-state index is -0.359. The normalized spacial score (nSPS) is 11.6. The highest BCUT2D eigenvalue weighted by atomic mass is 32.2. The fourth-order valence-corrected chi connectivity index (χ4v) is 2.70. The van der Waals surface area contributed by atoms with E-state index >= 15 is 0 Å². The van der Waals surface area contributed by atoms with E-state index in [2.05, 4.69) is 25.6 Å². The number of nitrogen functional groups attached to an aromatic ring is 1. The summed E-state index contributed by atoms with van der Waals surface area (Å²) in [5.41, 5.74) is 6.83. The number of carbonyl (C=O) groups is 2. The Balaban J connectivity index is 1.99. The molecule has 1 unspecified atom stereocenters. The predicted octanol–water partition coefficient (Wildman–Crippen LogP) is 1.92. The van der Waals surface area contributed by atoms with Gasteiger partial charge in [-0.2, -0.15) is 4.98 Å². The van der Waals surface area contributed by atoms with Crippen LogP contribution in [0.15, 0.2) is 35.7 Å². The molecule has 0 fully saturated rings. The minimum Gasteiger partial charge on any atom is -0.368 e. The first kappa shape index (κ1) is 17.7. The standard InChI is InChI=1S/C15H18N6O2S/c1-3-12(24-15-18-8-17-14(16)21-15)13(23)20-11-6-4-10(5-7-11)19-9(2)22/h4-8,12H,3H2,1-2H3,(H,19,22)(H,20,23)(H2,16,17,18,21). The van der Waals surface area contributed by atoms with Crippen molar-refractivity contribution in [1.82, 2.24) is 15.0 Å². The molecule has 4 N–H and O–H groups in total. The lowest BCUT2D eigenvalue weighted by molar-refractivity contribution is -0.116. The summed E-state index contributed by atoms with van der Waals surface area (Å²) in [5, 5.41) is 5.55. The Bertz CT molecular complexity index is 722. The Labute approximate surface area is 143 Å². The van der Waals surface area contributed by atoms with Gasteiger partial charge in [0.25, 0.3) is 0 Å². The Morgan fingerprint density at radius 3 is 2.33 bits per heavy atom. The van der Waals surface area contributed by atoms with Gasteiger partial charge in [0, 0.05) is 18.3 Å². The van der Waals surface area contributed by atoms with Crippen molar-refractivity contribution in [2.24, 2.45) is 0 Å². The molecule has 1 heterocycles. The van der Waals surface area contributed by atoms with Gasteiger partial charge in [-0.25, -0.2) is 9.97 Å². The van der Waals surface area contributed by atoms with Gasteiger partial charge in [0.05, 0.1) is 5.25 Å². The first-order valence-corrected chi connectivity index (χ1v) is 8.15. The molecule has 2 aromatic rings. The number of benzene rings is 1. The third kappa shape index (κ3) is 5.20. The highest BCUT2D eigenvalue weighted by molar-refractivity contribution is 8.00. The first-order valence-electron chi connectivity index (χ1n) is 7.27. The van der Waals surface area contributed by atoms with Crippen molar-refractivity contribution in [2.45, 2.75) is 30.7 Å². The lowest BCUT2D eigenvalue weighted by atomic mass is 10.2. The molecule has 0 spiro atoms. The number of amides is 2. The van der Waals surface area contributed by atoms with Crippen molar-refractivity contribution in [2.75, 3.05) is 16.4 Å². The van der Waals surface area contributed by atoms with E-state index < -0.39 is 0 Å². The monoisotopic (exact) mass is 346 g/mol. The van der Waals surface area contributed by atoms with Crippen LogP contribution >= 0.6 is 11.8 Å². The number of hydrogen-bond donors (Lipinski definition) is 3. The van der Waals surface area contributed by atoms with E-state index in [-0.39, 0.29) is 23.0 Å². The van der Waals surface area contributed by atoms with Gasteiger partial charge in [0.2, 0.25) is 17.8 Å². The van der Waals surface area contributed by atoms with Crippen molar-refractivity contribution in [3.63, 3.8) is 0 Å². The van der Waals surface area contributed by atoms with Gasteiger partial charge in [0.15, 0.2) is 5.16 Å². The summed E-state index contributed by atoms with van der Waals surface area (Å²) in [6.07, 6.45) is 1.92. The summed E-state index contributed by atoms with van der Waals surface area (Å²) in [6, 6.07) is 6.89. The molecule has 0 aliphatic heterocycles. The number of nitrogens with two attached hydrogens (primary N) is 1. The van der Waals surface area contributed by atoms with Crippen LogP contribution in [0.5, 0.6) is 0 Å². The van der Waals surface area contributed by atoms with E-state index in [1.165, 1.54) is 25.0 Å². The second-order valence-corrected chi connectivity index (χ2v) is 6.06. The van der Waals surface area contributed by atoms with Crippen LogP contribution in [-0.4, -0.2) is 32.0 Å². The molecule has 1 atom stereocenters.